The highest BCUT2D eigenvalue weighted by atomic mass is 14.9. The van der Waals surface area contributed by atoms with E-state index in [0.29, 0.717) is 6.04 Å². The molecule has 2 heteroatoms. The summed E-state index contributed by atoms with van der Waals surface area (Å²) in [6.07, 6.45) is 5.30. The van der Waals surface area contributed by atoms with Gasteiger partial charge in [0.15, 0.2) is 0 Å². The van der Waals surface area contributed by atoms with Crippen LogP contribution in [-0.4, -0.2) is 19.1 Å². The smallest absolute Gasteiger partial charge is 0.00695 e. The normalized spacial score (nSPS) is 49.6. The number of fused-ring (bicyclic) bond motifs is 1. The summed E-state index contributed by atoms with van der Waals surface area (Å²) in [6, 6.07) is 1.31. The first-order valence-electron chi connectivity index (χ1n) is 4.72. The molecule has 2 rings (SSSR count). The molecule has 2 nitrogen and oxygen atoms in total. The number of hydrogen-bond donors (Lipinski definition) is 2. The molecule has 0 amide bonds. The third-order valence-corrected chi connectivity index (χ3v) is 3.46. The Bertz CT molecular complexity index is 132. The maximum absolute atomic E-state index is 5.89. The van der Waals surface area contributed by atoms with Gasteiger partial charge in [-0.1, -0.05) is 0 Å². The molecule has 0 radical (unpaired) electrons. The van der Waals surface area contributed by atoms with Crippen LogP contribution in [0.5, 0.6) is 0 Å². The maximum Gasteiger partial charge on any atom is 0.00695 e. The Morgan fingerprint density at radius 1 is 1.09 bits per heavy atom. The molecule has 64 valence electrons. The number of hydrogen-bond acceptors (Lipinski definition) is 2. The summed E-state index contributed by atoms with van der Waals surface area (Å²) in [5.74, 6) is 1.89. The molecule has 0 saturated heterocycles. The van der Waals surface area contributed by atoms with Gasteiger partial charge in [-0.15, -0.1) is 0 Å². The summed E-state index contributed by atoms with van der Waals surface area (Å²) in [6.45, 7) is 0. The summed E-state index contributed by atoms with van der Waals surface area (Å²) < 4.78 is 0. The molecule has 3 N–H and O–H groups in total. The summed E-state index contributed by atoms with van der Waals surface area (Å²) in [7, 11) is 2.08. The van der Waals surface area contributed by atoms with E-state index in [9.17, 15) is 0 Å². The van der Waals surface area contributed by atoms with Gasteiger partial charge in [0, 0.05) is 12.1 Å². The van der Waals surface area contributed by atoms with E-state index in [1.807, 2.05) is 0 Å². The van der Waals surface area contributed by atoms with Crippen molar-refractivity contribution in [3.63, 3.8) is 0 Å². The molecule has 2 atom stereocenters. The summed E-state index contributed by atoms with van der Waals surface area (Å²) >= 11 is 0. The standard InChI is InChI=1S/C9H18N2/c1-11-9-4-6-2-8(10)3-7(6)5-9/h6-9,11H,2-5,10H2,1H3. The van der Waals surface area contributed by atoms with E-state index < -0.39 is 0 Å². The van der Waals surface area contributed by atoms with Crippen molar-refractivity contribution in [2.75, 3.05) is 7.05 Å². The minimum absolute atomic E-state index is 0.516. The quantitative estimate of drug-likeness (QED) is 0.584. The molecule has 11 heavy (non-hydrogen) atoms. The molecule has 0 aromatic rings. The highest BCUT2D eigenvalue weighted by Gasteiger charge is 2.39. The molecule has 2 aliphatic carbocycles. The monoisotopic (exact) mass is 154 g/mol. The summed E-state index contributed by atoms with van der Waals surface area (Å²) in [5, 5.41) is 3.37. The van der Waals surface area contributed by atoms with Gasteiger partial charge in [0.1, 0.15) is 0 Å². The van der Waals surface area contributed by atoms with Crippen LogP contribution >= 0.6 is 0 Å². The van der Waals surface area contributed by atoms with Crippen molar-refractivity contribution in [3.8, 4) is 0 Å². The number of rotatable bonds is 1. The molecule has 0 aromatic carbocycles. The molecular formula is C9H18N2. The fraction of sp³-hybridized carbons (Fsp3) is 1.00. The van der Waals surface area contributed by atoms with E-state index in [-0.39, 0.29) is 0 Å². The maximum atomic E-state index is 5.89. The van der Waals surface area contributed by atoms with Crippen LogP contribution in [0.1, 0.15) is 25.7 Å². The van der Waals surface area contributed by atoms with Gasteiger partial charge in [-0.05, 0) is 44.6 Å². The van der Waals surface area contributed by atoms with Crippen molar-refractivity contribution in [1.29, 1.82) is 0 Å². The predicted molar refractivity (Wildman–Crippen MR) is 46.3 cm³/mol. The van der Waals surface area contributed by atoms with Crippen LogP contribution in [-0.2, 0) is 0 Å². The van der Waals surface area contributed by atoms with Crippen molar-refractivity contribution >= 4 is 0 Å². The van der Waals surface area contributed by atoms with Crippen LogP contribution in [0.3, 0.4) is 0 Å². The van der Waals surface area contributed by atoms with Gasteiger partial charge in [-0.3, -0.25) is 0 Å². The van der Waals surface area contributed by atoms with E-state index in [0.717, 1.165) is 17.9 Å². The van der Waals surface area contributed by atoms with Crippen LogP contribution in [0.15, 0.2) is 0 Å². The zero-order valence-electron chi connectivity index (χ0n) is 7.22. The Hall–Kier alpha value is -0.0800. The molecule has 0 bridgehead atoms. The minimum Gasteiger partial charge on any atom is -0.328 e. The molecule has 0 aromatic heterocycles. The lowest BCUT2D eigenvalue weighted by molar-refractivity contribution is 0.457. The van der Waals surface area contributed by atoms with E-state index in [2.05, 4.69) is 12.4 Å². The van der Waals surface area contributed by atoms with Crippen LogP contribution in [0.2, 0.25) is 0 Å². The zero-order chi connectivity index (χ0) is 7.84. The lowest BCUT2D eigenvalue weighted by atomic mass is 10.0. The Morgan fingerprint density at radius 2 is 1.64 bits per heavy atom. The molecule has 0 spiro atoms. The van der Waals surface area contributed by atoms with Gasteiger partial charge in [-0.25, -0.2) is 0 Å². The van der Waals surface area contributed by atoms with E-state index in [4.69, 9.17) is 5.73 Å². The molecule has 2 unspecified atom stereocenters. The molecule has 0 heterocycles. The zero-order valence-corrected chi connectivity index (χ0v) is 7.22. The average Bonchev–Trinajstić information content (AvgIpc) is 2.43. The van der Waals surface area contributed by atoms with Gasteiger partial charge < -0.3 is 11.1 Å². The van der Waals surface area contributed by atoms with Crippen molar-refractivity contribution in [3.05, 3.63) is 0 Å². The second-order valence-corrected chi connectivity index (χ2v) is 4.21. The van der Waals surface area contributed by atoms with E-state index in [1.165, 1.54) is 25.7 Å². The van der Waals surface area contributed by atoms with E-state index >= 15 is 0 Å². The first kappa shape index (κ1) is 7.56. The molecule has 2 aliphatic rings. The molecule has 2 saturated carbocycles. The largest absolute Gasteiger partial charge is 0.328 e. The Kier molecular flexibility index (Phi) is 1.90. The molecule has 0 aliphatic heterocycles. The van der Waals surface area contributed by atoms with Crippen molar-refractivity contribution in [2.45, 2.75) is 37.8 Å². The van der Waals surface area contributed by atoms with Crippen molar-refractivity contribution < 1.29 is 0 Å². The van der Waals surface area contributed by atoms with Gasteiger partial charge in [0.05, 0.1) is 0 Å². The minimum atomic E-state index is 0.516. The topological polar surface area (TPSA) is 38.0 Å². The highest BCUT2D eigenvalue weighted by molar-refractivity contribution is 4.95. The van der Waals surface area contributed by atoms with E-state index in [1.54, 1.807) is 0 Å². The number of nitrogens with one attached hydrogen (secondary N) is 1. The van der Waals surface area contributed by atoms with Gasteiger partial charge >= 0.3 is 0 Å². The Labute approximate surface area is 68.5 Å². The van der Waals surface area contributed by atoms with Crippen LogP contribution < -0.4 is 11.1 Å². The first-order chi connectivity index (χ1) is 5.29. The Balaban J connectivity index is 1.93. The summed E-state index contributed by atoms with van der Waals surface area (Å²) in [4.78, 5) is 0. The van der Waals surface area contributed by atoms with Gasteiger partial charge in [-0.2, -0.15) is 0 Å². The second kappa shape index (κ2) is 2.76. The van der Waals surface area contributed by atoms with Gasteiger partial charge in [0.25, 0.3) is 0 Å². The lowest BCUT2D eigenvalue weighted by Gasteiger charge is -2.10. The molecular weight excluding hydrogens is 136 g/mol. The van der Waals surface area contributed by atoms with Crippen molar-refractivity contribution in [2.24, 2.45) is 17.6 Å². The fourth-order valence-corrected chi connectivity index (χ4v) is 2.90. The predicted octanol–water partition coefficient (Wildman–Crippen LogP) is 0.722. The average molecular weight is 154 g/mol. The van der Waals surface area contributed by atoms with Crippen LogP contribution in [0.4, 0.5) is 0 Å². The van der Waals surface area contributed by atoms with Gasteiger partial charge in [0.2, 0.25) is 0 Å². The third-order valence-electron chi connectivity index (χ3n) is 3.46. The number of nitrogens with two attached hydrogens (primary N) is 1. The third kappa shape index (κ3) is 1.30. The highest BCUT2D eigenvalue weighted by Crippen LogP contribution is 2.43. The second-order valence-electron chi connectivity index (χ2n) is 4.21. The SMILES string of the molecule is CNC1CC2CC(N)CC2C1. The van der Waals surface area contributed by atoms with Crippen molar-refractivity contribution in [1.82, 2.24) is 5.32 Å². The van der Waals surface area contributed by atoms with Crippen LogP contribution in [0, 0.1) is 11.8 Å². The molecule has 2 fully saturated rings. The van der Waals surface area contributed by atoms with Crippen LogP contribution in [0.25, 0.3) is 0 Å². The lowest BCUT2D eigenvalue weighted by Crippen LogP contribution is -2.24. The Morgan fingerprint density at radius 3 is 2.09 bits per heavy atom. The summed E-state index contributed by atoms with van der Waals surface area (Å²) in [5.41, 5.74) is 5.89. The fourth-order valence-electron chi connectivity index (χ4n) is 2.90. The first-order valence-corrected chi connectivity index (χ1v) is 4.72.